The molecule has 6 heteroatoms. The Balaban J connectivity index is 1.87. The van der Waals surface area contributed by atoms with Gasteiger partial charge in [0.15, 0.2) is 11.5 Å². The van der Waals surface area contributed by atoms with Crippen molar-refractivity contribution in [1.82, 2.24) is 0 Å². The lowest BCUT2D eigenvalue weighted by molar-refractivity contribution is 0.102. The molecule has 0 saturated heterocycles. The van der Waals surface area contributed by atoms with Crippen molar-refractivity contribution in [3.8, 4) is 23.0 Å². The fraction of sp³-hybridized carbons (Fsp3) is 0.235. The average molecular weight is 315 g/mol. The highest BCUT2D eigenvalue weighted by molar-refractivity contribution is 6.05. The largest absolute Gasteiger partial charge is 0.496 e. The van der Waals surface area contributed by atoms with Crippen LogP contribution < -0.4 is 24.3 Å². The van der Waals surface area contributed by atoms with Gasteiger partial charge in [-0.1, -0.05) is 0 Å². The van der Waals surface area contributed by atoms with Crippen LogP contribution in [0.1, 0.15) is 15.9 Å². The Labute approximate surface area is 133 Å². The Morgan fingerprint density at radius 1 is 1.04 bits per heavy atom. The molecule has 1 heterocycles. The normalized spacial score (nSPS) is 12.0. The molecule has 23 heavy (non-hydrogen) atoms. The Kier molecular flexibility index (Phi) is 3.97. The molecule has 1 aliphatic heterocycles. The Hall–Kier alpha value is -2.89. The van der Waals surface area contributed by atoms with Crippen molar-refractivity contribution in [2.45, 2.75) is 6.92 Å². The molecule has 0 bridgehead atoms. The van der Waals surface area contributed by atoms with Crippen LogP contribution in [0.15, 0.2) is 30.3 Å². The zero-order valence-electron chi connectivity index (χ0n) is 13.1. The Morgan fingerprint density at radius 2 is 1.78 bits per heavy atom. The van der Waals surface area contributed by atoms with E-state index in [4.69, 9.17) is 18.9 Å². The van der Waals surface area contributed by atoms with E-state index in [0.717, 1.165) is 5.56 Å². The number of aryl methyl sites for hydroxylation is 1. The quantitative estimate of drug-likeness (QED) is 0.939. The lowest BCUT2D eigenvalue weighted by Gasteiger charge is -2.14. The first-order valence-corrected chi connectivity index (χ1v) is 7.06. The Bertz CT molecular complexity index is 757. The summed E-state index contributed by atoms with van der Waals surface area (Å²) in [5.41, 5.74) is 1.93. The van der Waals surface area contributed by atoms with Crippen molar-refractivity contribution in [1.29, 1.82) is 0 Å². The molecule has 6 nitrogen and oxygen atoms in total. The van der Waals surface area contributed by atoms with Crippen molar-refractivity contribution >= 4 is 11.6 Å². The lowest BCUT2D eigenvalue weighted by atomic mass is 10.1. The summed E-state index contributed by atoms with van der Waals surface area (Å²) in [6.07, 6.45) is 0. The average Bonchev–Trinajstić information content (AvgIpc) is 3.03. The van der Waals surface area contributed by atoms with Gasteiger partial charge in [-0.2, -0.15) is 0 Å². The second-order valence-corrected chi connectivity index (χ2v) is 5.04. The number of carbonyl (C=O) groups excluding carboxylic acids is 1. The van der Waals surface area contributed by atoms with E-state index in [1.165, 1.54) is 0 Å². The topological polar surface area (TPSA) is 66.0 Å². The van der Waals surface area contributed by atoms with E-state index in [9.17, 15) is 4.79 Å². The van der Waals surface area contributed by atoms with Crippen LogP contribution in [-0.4, -0.2) is 26.9 Å². The van der Waals surface area contributed by atoms with Gasteiger partial charge in [0.2, 0.25) is 6.79 Å². The number of hydrogen-bond acceptors (Lipinski definition) is 5. The maximum Gasteiger partial charge on any atom is 0.255 e. The molecule has 2 aromatic carbocycles. The molecular formula is C17H17NO5. The van der Waals surface area contributed by atoms with Gasteiger partial charge in [0.1, 0.15) is 11.5 Å². The zero-order valence-corrected chi connectivity index (χ0v) is 13.1. The van der Waals surface area contributed by atoms with Gasteiger partial charge in [0.25, 0.3) is 5.91 Å². The SMILES string of the molecule is COc1cc(NC(=O)c2ccc3c(c2)OCO3)c(OC)cc1C. The van der Waals surface area contributed by atoms with Crippen LogP contribution in [0.25, 0.3) is 0 Å². The lowest BCUT2D eigenvalue weighted by Crippen LogP contribution is -2.13. The molecule has 0 saturated carbocycles. The van der Waals surface area contributed by atoms with Crippen LogP contribution in [-0.2, 0) is 0 Å². The Morgan fingerprint density at radius 3 is 2.52 bits per heavy atom. The third-order valence-corrected chi connectivity index (χ3v) is 3.60. The monoisotopic (exact) mass is 315 g/mol. The first-order chi connectivity index (χ1) is 11.1. The zero-order chi connectivity index (χ0) is 16.4. The van der Waals surface area contributed by atoms with Gasteiger partial charge in [-0.15, -0.1) is 0 Å². The number of carbonyl (C=O) groups is 1. The molecule has 0 aliphatic carbocycles. The summed E-state index contributed by atoms with van der Waals surface area (Å²) in [7, 11) is 3.13. The number of methoxy groups -OCH3 is 2. The van der Waals surface area contributed by atoms with E-state index < -0.39 is 0 Å². The number of ether oxygens (including phenoxy) is 4. The van der Waals surface area contributed by atoms with E-state index >= 15 is 0 Å². The molecule has 0 unspecified atom stereocenters. The minimum Gasteiger partial charge on any atom is -0.496 e. The summed E-state index contributed by atoms with van der Waals surface area (Å²) in [6, 6.07) is 8.59. The minimum absolute atomic E-state index is 0.170. The third-order valence-electron chi connectivity index (χ3n) is 3.60. The number of rotatable bonds is 4. The van der Waals surface area contributed by atoms with Gasteiger partial charge in [-0.3, -0.25) is 4.79 Å². The maximum absolute atomic E-state index is 12.5. The summed E-state index contributed by atoms with van der Waals surface area (Å²) in [4.78, 5) is 12.5. The predicted octanol–water partition coefficient (Wildman–Crippen LogP) is 2.99. The van der Waals surface area contributed by atoms with Crippen molar-refractivity contribution in [2.24, 2.45) is 0 Å². The number of nitrogens with one attached hydrogen (secondary N) is 1. The highest BCUT2D eigenvalue weighted by Gasteiger charge is 2.18. The molecule has 120 valence electrons. The predicted molar refractivity (Wildman–Crippen MR) is 84.8 cm³/mol. The van der Waals surface area contributed by atoms with Crippen molar-refractivity contribution in [2.75, 3.05) is 26.3 Å². The van der Waals surface area contributed by atoms with Crippen molar-refractivity contribution < 1.29 is 23.7 Å². The van der Waals surface area contributed by atoms with Crippen molar-refractivity contribution in [3.05, 3.63) is 41.5 Å². The minimum atomic E-state index is -0.271. The smallest absolute Gasteiger partial charge is 0.255 e. The molecule has 1 N–H and O–H groups in total. The van der Waals surface area contributed by atoms with E-state index in [1.807, 2.05) is 13.0 Å². The fourth-order valence-electron chi connectivity index (χ4n) is 2.38. The standard InChI is InChI=1S/C17H17NO5/c1-10-6-15(21-3)12(8-14(10)20-2)18-17(19)11-4-5-13-16(7-11)23-9-22-13/h4-8H,9H2,1-3H3,(H,18,19). The number of fused-ring (bicyclic) bond motifs is 1. The van der Waals surface area contributed by atoms with E-state index in [0.29, 0.717) is 34.2 Å². The molecule has 0 atom stereocenters. The van der Waals surface area contributed by atoms with E-state index in [-0.39, 0.29) is 12.7 Å². The first-order valence-electron chi connectivity index (χ1n) is 7.06. The second kappa shape index (κ2) is 6.08. The first kappa shape index (κ1) is 15.0. The van der Waals surface area contributed by atoms with Crippen molar-refractivity contribution in [3.63, 3.8) is 0 Å². The van der Waals surface area contributed by atoms with Gasteiger partial charge in [0, 0.05) is 11.6 Å². The summed E-state index contributed by atoms with van der Waals surface area (Å²) < 4.78 is 21.1. The number of hydrogen-bond donors (Lipinski definition) is 1. The molecule has 3 rings (SSSR count). The fourth-order valence-corrected chi connectivity index (χ4v) is 2.38. The second-order valence-electron chi connectivity index (χ2n) is 5.04. The molecule has 1 amide bonds. The van der Waals surface area contributed by atoms with E-state index in [1.54, 1.807) is 38.5 Å². The summed E-state index contributed by atoms with van der Waals surface area (Å²) in [6.45, 7) is 2.08. The third kappa shape index (κ3) is 2.88. The van der Waals surface area contributed by atoms with E-state index in [2.05, 4.69) is 5.32 Å². The number of amides is 1. The van der Waals surface area contributed by atoms with Gasteiger partial charge >= 0.3 is 0 Å². The molecule has 1 aliphatic rings. The number of benzene rings is 2. The summed E-state index contributed by atoms with van der Waals surface area (Å²) in [5.74, 6) is 2.17. The molecule has 2 aromatic rings. The summed E-state index contributed by atoms with van der Waals surface area (Å²) in [5, 5.41) is 2.83. The van der Waals surface area contributed by atoms with Crippen LogP contribution in [0.3, 0.4) is 0 Å². The molecule has 0 spiro atoms. The highest BCUT2D eigenvalue weighted by atomic mass is 16.7. The molecule has 0 aromatic heterocycles. The van der Waals surface area contributed by atoms with Gasteiger partial charge in [-0.05, 0) is 36.8 Å². The van der Waals surface area contributed by atoms with Crippen LogP contribution in [0.5, 0.6) is 23.0 Å². The van der Waals surface area contributed by atoms with Crippen LogP contribution >= 0.6 is 0 Å². The van der Waals surface area contributed by atoms with Gasteiger partial charge in [-0.25, -0.2) is 0 Å². The molecule has 0 fully saturated rings. The molecular weight excluding hydrogens is 298 g/mol. The highest BCUT2D eigenvalue weighted by Crippen LogP contribution is 2.35. The van der Waals surface area contributed by atoms with Crippen LogP contribution in [0, 0.1) is 6.92 Å². The maximum atomic E-state index is 12.5. The summed E-state index contributed by atoms with van der Waals surface area (Å²) >= 11 is 0. The number of anilines is 1. The molecule has 0 radical (unpaired) electrons. The van der Waals surface area contributed by atoms with Gasteiger partial charge < -0.3 is 24.3 Å². The van der Waals surface area contributed by atoms with Crippen LogP contribution in [0.2, 0.25) is 0 Å². The van der Waals surface area contributed by atoms with Crippen LogP contribution in [0.4, 0.5) is 5.69 Å². The van der Waals surface area contributed by atoms with Gasteiger partial charge in [0.05, 0.1) is 19.9 Å².